The van der Waals surface area contributed by atoms with Gasteiger partial charge in [0.2, 0.25) is 5.91 Å². The van der Waals surface area contributed by atoms with E-state index in [2.05, 4.69) is 24.5 Å². The molecule has 4 nitrogen and oxygen atoms in total. The monoisotopic (exact) mass is 348 g/mol. The molecule has 0 aromatic heterocycles. The Kier molecular flexibility index (Phi) is 5.52. The summed E-state index contributed by atoms with van der Waals surface area (Å²) in [4.78, 5) is 25.0. The van der Waals surface area contributed by atoms with Crippen molar-refractivity contribution in [2.45, 2.75) is 32.9 Å². The molecule has 0 aliphatic carbocycles. The van der Waals surface area contributed by atoms with Crippen LogP contribution in [0.25, 0.3) is 5.57 Å². The summed E-state index contributed by atoms with van der Waals surface area (Å²) in [7, 11) is 0. The van der Waals surface area contributed by atoms with Crippen molar-refractivity contribution in [1.29, 1.82) is 0 Å². The van der Waals surface area contributed by atoms with E-state index in [1.54, 1.807) is 12.1 Å². The zero-order valence-electron chi connectivity index (χ0n) is 15.2. The number of hydrogen-bond acceptors (Lipinski definition) is 2. The van der Waals surface area contributed by atoms with E-state index in [1.807, 2.05) is 48.5 Å². The number of amides is 2. The third-order valence-corrected chi connectivity index (χ3v) is 4.91. The molecule has 0 bridgehead atoms. The zero-order chi connectivity index (χ0) is 18.5. The first kappa shape index (κ1) is 17.9. The highest BCUT2D eigenvalue weighted by molar-refractivity contribution is 6.07. The van der Waals surface area contributed by atoms with Gasteiger partial charge in [-0.2, -0.15) is 0 Å². The topological polar surface area (TPSA) is 58.2 Å². The smallest absolute Gasteiger partial charge is 0.252 e. The van der Waals surface area contributed by atoms with E-state index in [1.165, 1.54) is 0 Å². The Morgan fingerprint density at radius 2 is 1.77 bits per heavy atom. The molecule has 1 aliphatic rings. The van der Waals surface area contributed by atoms with Gasteiger partial charge in [-0.05, 0) is 28.7 Å². The molecule has 0 radical (unpaired) electrons. The van der Waals surface area contributed by atoms with Crippen molar-refractivity contribution in [2.24, 2.45) is 5.92 Å². The number of carbonyl (C=O) groups excluding carboxylic acids is 2. The molecular weight excluding hydrogens is 324 g/mol. The van der Waals surface area contributed by atoms with E-state index in [0.29, 0.717) is 12.1 Å². The molecule has 0 saturated carbocycles. The molecule has 2 atom stereocenters. The Bertz CT molecular complexity index is 827. The predicted molar refractivity (Wildman–Crippen MR) is 103 cm³/mol. The van der Waals surface area contributed by atoms with Crippen LogP contribution in [-0.2, 0) is 11.3 Å². The second kappa shape index (κ2) is 8.00. The average Bonchev–Trinajstić information content (AvgIpc) is 2.68. The molecule has 1 heterocycles. The van der Waals surface area contributed by atoms with Crippen LogP contribution >= 0.6 is 0 Å². The molecule has 2 aromatic rings. The maximum Gasteiger partial charge on any atom is 0.252 e. The van der Waals surface area contributed by atoms with Crippen molar-refractivity contribution < 1.29 is 9.59 Å². The highest BCUT2D eigenvalue weighted by atomic mass is 16.2. The van der Waals surface area contributed by atoms with Gasteiger partial charge in [0, 0.05) is 18.2 Å². The van der Waals surface area contributed by atoms with Crippen LogP contribution in [0.4, 0.5) is 0 Å². The molecule has 2 unspecified atom stereocenters. The summed E-state index contributed by atoms with van der Waals surface area (Å²) in [6.07, 6.45) is 2.55. The van der Waals surface area contributed by atoms with Gasteiger partial charge in [0.1, 0.15) is 0 Å². The molecule has 0 saturated heterocycles. The van der Waals surface area contributed by atoms with Gasteiger partial charge in [-0.1, -0.05) is 68.8 Å². The van der Waals surface area contributed by atoms with Crippen molar-refractivity contribution in [1.82, 2.24) is 10.6 Å². The highest BCUT2D eigenvalue weighted by Crippen LogP contribution is 2.31. The first-order chi connectivity index (χ1) is 12.6. The molecule has 3 rings (SSSR count). The summed E-state index contributed by atoms with van der Waals surface area (Å²) in [5.41, 5.74) is 3.39. The van der Waals surface area contributed by atoms with Crippen LogP contribution in [0.3, 0.4) is 0 Å². The fourth-order valence-corrected chi connectivity index (χ4v) is 3.23. The molecule has 0 spiro atoms. The molecular formula is C22H24N2O2. The van der Waals surface area contributed by atoms with Gasteiger partial charge in [-0.25, -0.2) is 0 Å². The van der Waals surface area contributed by atoms with Gasteiger partial charge >= 0.3 is 0 Å². The van der Waals surface area contributed by atoms with Crippen LogP contribution in [0.1, 0.15) is 41.8 Å². The number of hydrogen-bond donors (Lipinski definition) is 2. The number of carbonyl (C=O) groups is 2. The number of rotatable bonds is 5. The number of nitrogens with one attached hydrogen (secondary N) is 2. The normalized spacial score (nSPS) is 18.8. The van der Waals surface area contributed by atoms with E-state index in [9.17, 15) is 9.59 Å². The molecule has 4 heteroatoms. The van der Waals surface area contributed by atoms with Crippen molar-refractivity contribution >= 4 is 17.4 Å². The van der Waals surface area contributed by atoms with Crippen LogP contribution in [-0.4, -0.2) is 17.9 Å². The van der Waals surface area contributed by atoms with Gasteiger partial charge in [0.15, 0.2) is 0 Å². The molecule has 1 aliphatic heterocycles. The van der Waals surface area contributed by atoms with Gasteiger partial charge in [-0.3, -0.25) is 9.59 Å². The van der Waals surface area contributed by atoms with E-state index in [-0.39, 0.29) is 23.8 Å². The van der Waals surface area contributed by atoms with Crippen LogP contribution < -0.4 is 10.6 Å². The van der Waals surface area contributed by atoms with E-state index in [4.69, 9.17) is 0 Å². The molecule has 26 heavy (non-hydrogen) atoms. The summed E-state index contributed by atoms with van der Waals surface area (Å²) in [5, 5.41) is 6.00. The molecule has 2 amide bonds. The first-order valence-corrected chi connectivity index (χ1v) is 9.03. The van der Waals surface area contributed by atoms with Crippen LogP contribution in [0.2, 0.25) is 0 Å². The van der Waals surface area contributed by atoms with Gasteiger partial charge in [0.25, 0.3) is 5.91 Å². The first-order valence-electron chi connectivity index (χ1n) is 9.03. The zero-order valence-corrected chi connectivity index (χ0v) is 15.2. The minimum Gasteiger partial charge on any atom is -0.348 e. The third kappa shape index (κ3) is 3.85. The van der Waals surface area contributed by atoms with Crippen molar-refractivity contribution in [3.63, 3.8) is 0 Å². The van der Waals surface area contributed by atoms with Crippen molar-refractivity contribution in [2.75, 3.05) is 0 Å². The fourth-order valence-electron chi connectivity index (χ4n) is 3.23. The van der Waals surface area contributed by atoms with E-state index in [0.717, 1.165) is 23.1 Å². The quantitative estimate of drug-likeness (QED) is 0.812. The molecule has 0 fully saturated rings. The Hall–Kier alpha value is -2.88. The summed E-state index contributed by atoms with van der Waals surface area (Å²) in [6, 6.07) is 17.1. The Balaban J connectivity index is 1.87. The summed E-state index contributed by atoms with van der Waals surface area (Å²) in [6.45, 7) is 4.66. The largest absolute Gasteiger partial charge is 0.348 e. The Morgan fingerprint density at radius 3 is 2.46 bits per heavy atom. The van der Waals surface area contributed by atoms with Crippen LogP contribution in [0.5, 0.6) is 0 Å². The van der Waals surface area contributed by atoms with Crippen LogP contribution in [0.15, 0.2) is 60.7 Å². The second-order valence-corrected chi connectivity index (χ2v) is 6.69. The lowest BCUT2D eigenvalue weighted by atomic mass is 9.82. The fraction of sp³-hybridized carbons (Fsp3) is 0.273. The molecule has 134 valence electrons. The summed E-state index contributed by atoms with van der Waals surface area (Å²) < 4.78 is 0. The summed E-state index contributed by atoms with van der Waals surface area (Å²) in [5.74, 6) is 0.0105. The Labute approximate surface area is 154 Å². The van der Waals surface area contributed by atoms with Gasteiger partial charge in [0.05, 0.1) is 6.04 Å². The molecule has 2 N–H and O–H groups in total. The third-order valence-electron chi connectivity index (χ3n) is 4.91. The minimum absolute atomic E-state index is 0.0762. The lowest BCUT2D eigenvalue weighted by Crippen LogP contribution is -2.44. The van der Waals surface area contributed by atoms with E-state index < -0.39 is 0 Å². The van der Waals surface area contributed by atoms with Crippen molar-refractivity contribution in [3.05, 3.63) is 77.4 Å². The standard InChI is InChI=1S/C22H24N2O2/c1-3-15(2)21-19(17-11-7-8-12-18(17)22(26)24-21)13-20(25)23-14-16-9-5-4-6-10-16/h4-13,15,21H,3,14H2,1-2H3,(H,23,25)(H,24,26). The van der Waals surface area contributed by atoms with Crippen molar-refractivity contribution in [3.8, 4) is 0 Å². The Morgan fingerprint density at radius 1 is 1.12 bits per heavy atom. The average molecular weight is 348 g/mol. The SMILES string of the molecule is CCC(C)C1NC(=O)c2ccccc2C1=CC(=O)NCc1ccccc1. The van der Waals surface area contributed by atoms with Gasteiger partial charge < -0.3 is 10.6 Å². The van der Waals surface area contributed by atoms with Gasteiger partial charge in [-0.15, -0.1) is 0 Å². The lowest BCUT2D eigenvalue weighted by molar-refractivity contribution is -0.116. The second-order valence-electron chi connectivity index (χ2n) is 6.69. The highest BCUT2D eigenvalue weighted by Gasteiger charge is 2.31. The van der Waals surface area contributed by atoms with Crippen LogP contribution in [0, 0.1) is 5.92 Å². The maximum absolute atomic E-state index is 12.5. The number of fused-ring (bicyclic) bond motifs is 1. The van der Waals surface area contributed by atoms with E-state index >= 15 is 0 Å². The minimum atomic E-state index is -0.162. The molecule has 2 aromatic carbocycles. The summed E-state index contributed by atoms with van der Waals surface area (Å²) >= 11 is 0. The maximum atomic E-state index is 12.5. The lowest BCUT2D eigenvalue weighted by Gasteiger charge is -2.32. The number of benzene rings is 2. The predicted octanol–water partition coefficient (Wildman–Crippen LogP) is 3.54.